The van der Waals surface area contributed by atoms with Crippen molar-refractivity contribution in [3.05, 3.63) is 107 Å². The van der Waals surface area contributed by atoms with Gasteiger partial charge in [0.15, 0.2) is 5.69 Å². The van der Waals surface area contributed by atoms with Gasteiger partial charge in [-0.2, -0.15) is 13.2 Å². The van der Waals surface area contributed by atoms with Crippen LogP contribution >= 0.6 is 23.4 Å². The number of anilines is 1. The molecule has 3 aromatic carbocycles. The zero-order chi connectivity index (χ0) is 26.7. The van der Waals surface area contributed by atoms with E-state index < -0.39 is 11.9 Å². The Kier molecular flexibility index (Phi) is 7.87. The number of hydrogen-bond donors (Lipinski definition) is 2. The number of thioether (sulfide) groups is 1. The van der Waals surface area contributed by atoms with E-state index in [0.29, 0.717) is 28.5 Å². The lowest BCUT2D eigenvalue weighted by atomic mass is 10.0. The van der Waals surface area contributed by atoms with Gasteiger partial charge in [0.2, 0.25) is 0 Å². The maximum Gasteiger partial charge on any atom is 0.434 e. The molecule has 0 radical (unpaired) electrons. The van der Waals surface area contributed by atoms with E-state index in [0.717, 1.165) is 27.8 Å². The first-order chi connectivity index (χ1) is 17.6. The first kappa shape index (κ1) is 26.7. The molecule has 0 bridgehead atoms. The summed E-state index contributed by atoms with van der Waals surface area (Å²) in [4.78, 5) is 4.80. The van der Waals surface area contributed by atoms with Crippen LogP contribution in [0.25, 0.3) is 16.8 Å². The molecule has 0 atom stereocenters. The van der Waals surface area contributed by atoms with Crippen molar-refractivity contribution in [2.75, 3.05) is 11.3 Å². The number of rotatable bonds is 7. The Hall–Kier alpha value is -3.40. The van der Waals surface area contributed by atoms with Crippen LogP contribution in [-0.2, 0) is 12.6 Å². The van der Waals surface area contributed by atoms with Crippen LogP contribution in [-0.4, -0.2) is 15.8 Å². The van der Waals surface area contributed by atoms with Crippen LogP contribution in [0.1, 0.15) is 17.1 Å². The molecule has 1 heterocycles. The lowest BCUT2D eigenvalue weighted by Gasteiger charge is -2.26. The fourth-order valence-corrected chi connectivity index (χ4v) is 4.63. The van der Waals surface area contributed by atoms with E-state index in [-0.39, 0.29) is 5.82 Å². The molecule has 5 nitrogen and oxygen atoms in total. The maximum absolute atomic E-state index is 13.4. The molecule has 1 aromatic heterocycles. The Balaban J connectivity index is 1.85. The molecule has 4 aromatic rings. The second kappa shape index (κ2) is 10.9. The van der Waals surface area contributed by atoms with Gasteiger partial charge < -0.3 is 10.3 Å². The summed E-state index contributed by atoms with van der Waals surface area (Å²) in [5.41, 5.74) is 8.96. The van der Waals surface area contributed by atoms with Crippen LogP contribution in [0.4, 0.5) is 18.9 Å². The van der Waals surface area contributed by atoms with E-state index in [9.17, 15) is 13.2 Å². The van der Waals surface area contributed by atoms with Crippen LogP contribution in [0.2, 0.25) is 5.02 Å². The van der Waals surface area contributed by atoms with Crippen LogP contribution in [0.15, 0.2) is 89.7 Å². The monoisotopic (exact) mass is 543 g/mol. The van der Waals surface area contributed by atoms with Gasteiger partial charge in [0.05, 0.1) is 17.1 Å². The molecular weight excluding hydrogens is 519 g/mol. The topological polar surface area (TPSA) is 73.1 Å². The van der Waals surface area contributed by atoms with Crippen molar-refractivity contribution in [1.82, 2.24) is 9.55 Å². The summed E-state index contributed by atoms with van der Waals surface area (Å²) < 4.78 is 41.7. The van der Waals surface area contributed by atoms with Crippen molar-refractivity contribution < 1.29 is 13.2 Å². The van der Waals surface area contributed by atoms with Crippen molar-refractivity contribution in [2.24, 2.45) is 11.6 Å². The zero-order valence-corrected chi connectivity index (χ0v) is 21.7. The van der Waals surface area contributed by atoms with Crippen molar-refractivity contribution in [3.8, 4) is 16.8 Å². The van der Waals surface area contributed by atoms with Crippen molar-refractivity contribution >= 4 is 29.1 Å². The summed E-state index contributed by atoms with van der Waals surface area (Å²) in [5.74, 6) is 6.78. The largest absolute Gasteiger partial charge is 0.434 e. The summed E-state index contributed by atoms with van der Waals surface area (Å²) in [7, 11) is 0. The number of hydrogen-bond acceptors (Lipinski definition) is 5. The molecule has 0 amide bonds. The number of hydrazine groups is 1. The van der Waals surface area contributed by atoms with E-state index >= 15 is 0 Å². The minimum atomic E-state index is -4.58. The summed E-state index contributed by atoms with van der Waals surface area (Å²) in [6.07, 6.45) is 0.0620. The van der Waals surface area contributed by atoms with E-state index in [2.05, 4.69) is 4.98 Å². The second-order valence-electron chi connectivity index (χ2n) is 8.27. The maximum atomic E-state index is 13.4. The molecule has 192 valence electrons. The Morgan fingerprint density at radius 2 is 1.81 bits per heavy atom. The number of halogens is 4. The van der Waals surface area contributed by atoms with Crippen LogP contribution < -0.4 is 16.6 Å². The molecule has 0 unspecified atom stereocenters. The summed E-state index contributed by atoms with van der Waals surface area (Å²) in [6, 6.07) is 20.7. The average Bonchev–Trinajstić information content (AvgIpc) is 3.29. The van der Waals surface area contributed by atoms with Crippen molar-refractivity contribution in [3.63, 3.8) is 0 Å². The number of aryl methyl sites for hydroxylation is 1. The number of allylic oxidation sites excluding steroid dienone is 1. The molecule has 4 rings (SSSR count). The predicted molar refractivity (Wildman–Crippen MR) is 145 cm³/mol. The normalized spacial score (nSPS) is 12.1. The summed E-state index contributed by atoms with van der Waals surface area (Å²) in [6.45, 7) is 1.51. The van der Waals surface area contributed by atoms with Gasteiger partial charge in [-0.3, -0.25) is 5.01 Å². The fraction of sp³-hybridized carbons (Fsp3) is 0.148. The number of nitrogens with two attached hydrogens (primary N) is 2. The first-order valence-electron chi connectivity index (χ1n) is 11.2. The number of aromatic nitrogens is 2. The number of alkyl halides is 3. The third-order valence-electron chi connectivity index (χ3n) is 5.90. The lowest BCUT2D eigenvalue weighted by molar-refractivity contribution is -0.141. The SMILES string of the molecule is CSc1cccc(-c2ccc(-n3cc(C(F)(F)F)nc3C)c(N(N)/C(=C\N)Cc3ccccc3Cl)c2)c1. The van der Waals surface area contributed by atoms with Gasteiger partial charge in [-0.25, -0.2) is 10.8 Å². The highest BCUT2D eigenvalue weighted by Crippen LogP contribution is 2.36. The smallest absolute Gasteiger partial charge is 0.403 e. The van der Waals surface area contributed by atoms with Crippen LogP contribution in [0.3, 0.4) is 0 Å². The molecular formula is C27H25ClF3N5S. The average molecular weight is 544 g/mol. The van der Waals surface area contributed by atoms with Gasteiger partial charge in [0.1, 0.15) is 5.82 Å². The molecule has 0 saturated carbocycles. The fourth-order valence-electron chi connectivity index (χ4n) is 3.97. The quantitative estimate of drug-likeness (QED) is 0.150. The molecule has 0 fully saturated rings. The summed E-state index contributed by atoms with van der Waals surface area (Å²) >= 11 is 7.97. The van der Waals surface area contributed by atoms with Crippen LogP contribution in [0.5, 0.6) is 0 Å². The Labute approximate surface area is 222 Å². The van der Waals surface area contributed by atoms with E-state index in [4.69, 9.17) is 23.2 Å². The molecule has 0 spiro atoms. The van der Waals surface area contributed by atoms with Crippen LogP contribution in [0, 0.1) is 6.92 Å². The molecule has 37 heavy (non-hydrogen) atoms. The molecule has 0 aliphatic heterocycles. The minimum Gasteiger partial charge on any atom is -0.403 e. The van der Waals surface area contributed by atoms with Gasteiger partial charge in [-0.15, -0.1) is 11.8 Å². The Bertz CT molecular complexity index is 1450. The highest BCUT2D eigenvalue weighted by molar-refractivity contribution is 7.98. The number of imidazole rings is 1. The number of nitrogens with zero attached hydrogens (tertiary/aromatic N) is 3. The second-order valence-corrected chi connectivity index (χ2v) is 9.56. The molecule has 10 heteroatoms. The van der Waals surface area contributed by atoms with Gasteiger partial charge in [-0.1, -0.05) is 48.0 Å². The van der Waals surface area contributed by atoms with Gasteiger partial charge in [-0.05, 0) is 60.2 Å². The van der Waals surface area contributed by atoms with Gasteiger partial charge in [0.25, 0.3) is 0 Å². The van der Waals surface area contributed by atoms with E-state index in [1.165, 1.54) is 22.7 Å². The molecule has 0 saturated heterocycles. The van der Waals surface area contributed by atoms with Crippen molar-refractivity contribution in [2.45, 2.75) is 24.4 Å². The predicted octanol–water partition coefficient (Wildman–Crippen LogP) is 6.96. The zero-order valence-electron chi connectivity index (χ0n) is 20.1. The van der Waals surface area contributed by atoms with Gasteiger partial charge in [0, 0.05) is 28.7 Å². The third kappa shape index (κ3) is 5.79. The molecule has 4 N–H and O–H groups in total. The number of benzene rings is 3. The minimum absolute atomic E-state index is 0.170. The summed E-state index contributed by atoms with van der Waals surface area (Å²) in [5, 5.41) is 1.94. The lowest BCUT2D eigenvalue weighted by Crippen LogP contribution is -2.33. The Morgan fingerprint density at radius 1 is 1.08 bits per heavy atom. The van der Waals surface area contributed by atoms with E-state index in [1.54, 1.807) is 23.9 Å². The molecule has 0 aliphatic carbocycles. The van der Waals surface area contributed by atoms with Gasteiger partial charge >= 0.3 is 6.18 Å². The highest BCUT2D eigenvalue weighted by atomic mass is 35.5. The molecule has 0 aliphatic rings. The van der Waals surface area contributed by atoms with Crippen molar-refractivity contribution in [1.29, 1.82) is 0 Å². The highest BCUT2D eigenvalue weighted by Gasteiger charge is 2.34. The standard InChI is InChI=1S/C27H25ClF3N5S/c1-17-34-26(27(29,30)31)16-35(17)24-11-10-19(18-7-5-8-22(13-18)37-2)14-25(24)36(33)21(15-32)12-20-6-3-4-9-23(20)28/h3-11,13-16H,12,32-33H2,1-2H3/b21-15-. The third-order valence-corrected chi connectivity index (χ3v) is 7.00. The Morgan fingerprint density at radius 3 is 2.46 bits per heavy atom. The first-order valence-corrected chi connectivity index (χ1v) is 12.8. The van der Waals surface area contributed by atoms with E-state index in [1.807, 2.05) is 60.9 Å².